The predicted molar refractivity (Wildman–Crippen MR) is 55.4 cm³/mol. The molecule has 1 aliphatic rings. The van der Waals surface area contributed by atoms with Crippen LogP contribution in [0.1, 0.15) is 22.4 Å². The van der Waals surface area contributed by atoms with E-state index in [2.05, 4.69) is 0 Å². The molecule has 0 aliphatic heterocycles. The first-order chi connectivity index (χ1) is 5.70. The first-order valence-corrected chi connectivity index (χ1v) is 4.76. The Morgan fingerprint density at radius 2 is 2.08 bits per heavy atom. The van der Waals surface area contributed by atoms with Gasteiger partial charge in [-0.25, -0.2) is 0 Å². The normalized spacial score (nSPS) is 13.5. The van der Waals surface area contributed by atoms with Crippen LogP contribution < -0.4 is 11.5 Å². The molecular formula is C8H13N3OS. The second-order valence-electron chi connectivity index (χ2n) is 3.01. The van der Waals surface area contributed by atoms with E-state index >= 15 is 0 Å². The SMILES string of the molecule is N=C(N)c1c(N)sc2c1CCC2.O. The summed E-state index contributed by atoms with van der Waals surface area (Å²) in [7, 11) is 0. The number of nitrogens with one attached hydrogen (secondary N) is 1. The van der Waals surface area contributed by atoms with Crippen LogP contribution in [0.3, 0.4) is 0 Å². The Morgan fingerprint density at radius 3 is 2.69 bits per heavy atom. The third-order valence-electron chi connectivity index (χ3n) is 2.22. The summed E-state index contributed by atoms with van der Waals surface area (Å²) in [5.74, 6) is 0.118. The molecule has 2 rings (SSSR count). The quantitative estimate of drug-likeness (QED) is 0.446. The van der Waals surface area contributed by atoms with Crippen LogP contribution in [0, 0.1) is 5.41 Å². The van der Waals surface area contributed by atoms with Gasteiger partial charge in [-0.1, -0.05) is 0 Å². The second-order valence-corrected chi connectivity index (χ2v) is 4.15. The maximum Gasteiger partial charge on any atom is 0.126 e. The van der Waals surface area contributed by atoms with Gasteiger partial charge in [0.25, 0.3) is 0 Å². The topological polar surface area (TPSA) is 107 Å². The molecule has 1 aromatic heterocycles. The zero-order chi connectivity index (χ0) is 8.72. The van der Waals surface area contributed by atoms with Crippen LogP contribution in [-0.2, 0) is 12.8 Å². The molecule has 0 spiro atoms. The van der Waals surface area contributed by atoms with Gasteiger partial charge >= 0.3 is 0 Å². The smallest absolute Gasteiger partial charge is 0.126 e. The molecule has 13 heavy (non-hydrogen) atoms. The van der Waals surface area contributed by atoms with E-state index in [0.29, 0.717) is 5.00 Å². The van der Waals surface area contributed by atoms with E-state index in [9.17, 15) is 0 Å². The van der Waals surface area contributed by atoms with Gasteiger partial charge in [-0.3, -0.25) is 5.41 Å². The highest BCUT2D eigenvalue weighted by atomic mass is 32.1. The molecule has 0 bridgehead atoms. The average molecular weight is 199 g/mol. The fourth-order valence-electron chi connectivity index (χ4n) is 1.72. The monoisotopic (exact) mass is 199 g/mol. The molecule has 0 fully saturated rings. The van der Waals surface area contributed by atoms with Crippen LogP contribution in [0.4, 0.5) is 5.00 Å². The summed E-state index contributed by atoms with van der Waals surface area (Å²) in [6.45, 7) is 0. The summed E-state index contributed by atoms with van der Waals surface area (Å²) in [5.41, 5.74) is 13.2. The Morgan fingerprint density at radius 1 is 1.38 bits per heavy atom. The van der Waals surface area contributed by atoms with Gasteiger partial charge in [0.15, 0.2) is 0 Å². The van der Waals surface area contributed by atoms with Gasteiger partial charge in [-0.05, 0) is 24.8 Å². The molecule has 1 aromatic rings. The summed E-state index contributed by atoms with van der Waals surface area (Å²) in [5, 5.41) is 8.08. The molecule has 7 N–H and O–H groups in total. The van der Waals surface area contributed by atoms with Gasteiger partial charge in [0, 0.05) is 4.88 Å². The fraction of sp³-hybridized carbons (Fsp3) is 0.375. The van der Waals surface area contributed by atoms with Gasteiger partial charge in [-0.15, -0.1) is 11.3 Å². The zero-order valence-electron chi connectivity index (χ0n) is 7.18. The molecule has 0 atom stereocenters. The Kier molecular flexibility index (Phi) is 2.58. The standard InChI is InChI=1S/C8H11N3S.H2O/c9-7(10)6-4-2-1-3-5(4)12-8(6)11;/h1-3,11H2,(H3,9,10);1H2. The highest BCUT2D eigenvalue weighted by Gasteiger charge is 2.21. The lowest BCUT2D eigenvalue weighted by Gasteiger charge is -1.98. The number of nitrogens with two attached hydrogens (primary N) is 2. The van der Waals surface area contributed by atoms with Crippen molar-refractivity contribution >= 4 is 22.2 Å². The van der Waals surface area contributed by atoms with E-state index in [1.165, 1.54) is 16.9 Å². The summed E-state index contributed by atoms with van der Waals surface area (Å²) < 4.78 is 0. The van der Waals surface area contributed by atoms with Gasteiger partial charge in [0.1, 0.15) is 5.84 Å². The van der Waals surface area contributed by atoms with Crippen LogP contribution in [0.25, 0.3) is 0 Å². The fourth-order valence-corrected chi connectivity index (χ4v) is 2.90. The molecule has 0 amide bonds. The molecule has 4 nitrogen and oxygen atoms in total. The molecule has 5 heteroatoms. The van der Waals surface area contributed by atoms with E-state index in [-0.39, 0.29) is 11.3 Å². The first kappa shape index (κ1) is 10.0. The summed E-state index contributed by atoms with van der Waals surface area (Å²) >= 11 is 1.59. The second kappa shape index (κ2) is 3.35. The highest BCUT2D eigenvalue weighted by Crippen LogP contribution is 2.36. The van der Waals surface area contributed by atoms with E-state index in [1.807, 2.05) is 0 Å². The van der Waals surface area contributed by atoms with E-state index in [0.717, 1.165) is 18.4 Å². The van der Waals surface area contributed by atoms with E-state index in [1.54, 1.807) is 11.3 Å². The Bertz CT molecular complexity index is 345. The lowest BCUT2D eigenvalue weighted by Crippen LogP contribution is -2.13. The van der Waals surface area contributed by atoms with Crippen molar-refractivity contribution in [1.82, 2.24) is 0 Å². The third kappa shape index (κ3) is 1.40. The number of thiophene rings is 1. The van der Waals surface area contributed by atoms with Crippen molar-refractivity contribution in [2.75, 3.05) is 5.73 Å². The number of amidine groups is 1. The third-order valence-corrected chi connectivity index (χ3v) is 3.34. The average Bonchev–Trinajstić information content (AvgIpc) is 2.44. The largest absolute Gasteiger partial charge is 0.412 e. The predicted octanol–water partition coefficient (Wildman–Crippen LogP) is 0.278. The van der Waals surface area contributed by atoms with Gasteiger partial charge < -0.3 is 16.9 Å². The van der Waals surface area contributed by atoms with Crippen molar-refractivity contribution in [3.05, 3.63) is 16.0 Å². The van der Waals surface area contributed by atoms with Crippen molar-refractivity contribution in [3.8, 4) is 0 Å². The van der Waals surface area contributed by atoms with Crippen molar-refractivity contribution < 1.29 is 5.48 Å². The first-order valence-electron chi connectivity index (χ1n) is 3.94. The lowest BCUT2D eigenvalue weighted by molar-refractivity contribution is 0.824. The summed E-state index contributed by atoms with van der Waals surface area (Å²) in [4.78, 5) is 1.33. The maximum absolute atomic E-state index is 7.37. The van der Waals surface area contributed by atoms with Gasteiger partial charge in [-0.2, -0.15) is 0 Å². The zero-order valence-corrected chi connectivity index (χ0v) is 8.00. The van der Waals surface area contributed by atoms with Crippen LogP contribution >= 0.6 is 11.3 Å². The number of fused-ring (bicyclic) bond motifs is 1. The van der Waals surface area contributed by atoms with Crippen molar-refractivity contribution in [2.24, 2.45) is 5.73 Å². The van der Waals surface area contributed by atoms with Gasteiger partial charge in [0.2, 0.25) is 0 Å². The van der Waals surface area contributed by atoms with E-state index in [4.69, 9.17) is 16.9 Å². The number of hydrogen-bond acceptors (Lipinski definition) is 3. The Balaban J connectivity index is 0.000000845. The molecule has 0 aromatic carbocycles. The van der Waals surface area contributed by atoms with Crippen LogP contribution in [0.2, 0.25) is 0 Å². The van der Waals surface area contributed by atoms with Crippen molar-refractivity contribution in [2.45, 2.75) is 19.3 Å². The van der Waals surface area contributed by atoms with Crippen LogP contribution in [-0.4, -0.2) is 11.3 Å². The molecule has 72 valence electrons. The molecule has 1 aliphatic carbocycles. The minimum atomic E-state index is 0. The summed E-state index contributed by atoms with van der Waals surface area (Å²) in [6, 6.07) is 0. The van der Waals surface area contributed by atoms with Crippen molar-refractivity contribution in [3.63, 3.8) is 0 Å². The molecule has 0 saturated carbocycles. The summed E-state index contributed by atoms with van der Waals surface area (Å²) in [6.07, 6.45) is 3.33. The van der Waals surface area contributed by atoms with E-state index < -0.39 is 0 Å². The number of nitrogen functional groups attached to an aromatic ring is 2. The van der Waals surface area contributed by atoms with Crippen LogP contribution in [0.5, 0.6) is 0 Å². The van der Waals surface area contributed by atoms with Gasteiger partial charge in [0.05, 0.1) is 10.6 Å². The lowest BCUT2D eigenvalue weighted by atomic mass is 10.1. The minimum absolute atomic E-state index is 0. The molecule has 0 unspecified atom stereocenters. The Hall–Kier alpha value is -1.07. The number of rotatable bonds is 1. The van der Waals surface area contributed by atoms with Crippen LogP contribution in [0.15, 0.2) is 0 Å². The van der Waals surface area contributed by atoms with Crippen molar-refractivity contribution in [1.29, 1.82) is 5.41 Å². The maximum atomic E-state index is 7.37. The minimum Gasteiger partial charge on any atom is -0.412 e. The number of anilines is 1. The molecule has 1 heterocycles. The highest BCUT2D eigenvalue weighted by molar-refractivity contribution is 7.16. The Labute approximate surface area is 80.4 Å². The molecule has 0 radical (unpaired) electrons. The number of hydrogen-bond donors (Lipinski definition) is 3. The molecule has 0 saturated heterocycles. The number of aryl methyl sites for hydroxylation is 1. The molecular weight excluding hydrogens is 186 g/mol.